The molecule has 0 radical (unpaired) electrons. The minimum absolute atomic E-state index is 0.316. The van der Waals surface area contributed by atoms with Crippen molar-refractivity contribution in [2.45, 2.75) is 66.2 Å². The molecule has 0 fully saturated rings. The zero-order chi connectivity index (χ0) is 11.0. The molecule has 84 valence electrons. The molecule has 0 saturated carbocycles. The van der Waals surface area contributed by atoms with Crippen molar-refractivity contribution in [2.24, 2.45) is 11.8 Å². The molecule has 1 atom stereocenters. The zero-order valence-corrected chi connectivity index (χ0v) is 10.3. The van der Waals surface area contributed by atoms with Gasteiger partial charge in [0.1, 0.15) is 5.78 Å². The summed E-state index contributed by atoms with van der Waals surface area (Å²) in [6.45, 7) is 8.58. The summed E-state index contributed by atoms with van der Waals surface area (Å²) in [6.07, 6.45) is 6.55. The van der Waals surface area contributed by atoms with Crippen molar-refractivity contribution in [1.82, 2.24) is 0 Å². The smallest absolute Gasteiger partial charge is 0.139 e. The monoisotopic (exact) mass is 198 g/mol. The Hall–Kier alpha value is -0.330. The first kappa shape index (κ1) is 13.7. The third-order valence-electron chi connectivity index (χ3n) is 3.19. The number of unbranched alkanes of at least 4 members (excludes halogenated alkanes) is 1. The molecule has 1 nitrogen and oxygen atoms in total. The quantitative estimate of drug-likeness (QED) is 0.571. The second-order valence-corrected chi connectivity index (χ2v) is 4.16. The molecule has 0 aliphatic rings. The highest BCUT2D eigenvalue weighted by Gasteiger charge is 2.22. The van der Waals surface area contributed by atoms with Gasteiger partial charge in [-0.25, -0.2) is 0 Å². The van der Waals surface area contributed by atoms with Gasteiger partial charge in [-0.3, -0.25) is 4.79 Å². The van der Waals surface area contributed by atoms with Crippen LogP contribution in [0.1, 0.15) is 66.2 Å². The number of hydrogen-bond donors (Lipinski definition) is 0. The van der Waals surface area contributed by atoms with E-state index in [0.717, 1.165) is 25.7 Å². The molecule has 0 saturated heterocycles. The van der Waals surface area contributed by atoms with Crippen LogP contribution in [0.25, 0.3) is 0 Å². The van der Waals surface area contributed by atoms with E-state index in [4.69, 9.17) is 0 Å². The van der Waals surface area contributed by atoms with Crippen LogP contribution in [0.4, 0.5) is 0 Å². The van der Waals surface area contributed by atoms with E-state index in [0.29, 0.717) is 17.6 Å². The summed E-state index contributed by atoms with van der Waals surface area (Å²) in [4.78, 5) is 12.0. The second-order valence-electron chi connectivity index (χ2n) is 4.16. The van der Waals surface area contributed by atoms with E-state index in [1.165, 1.54) is 12.8 Å². The number of Topliss-reactive ketones (excluding diaryl/α,β-unsaturated/α-hetero) is 1. The van der Waals surface area contributed by atoms with Crippen molar-refractivity contribution in [3.8, 4) is 0 Å². The van der Waals surface area contributed by atoms with Crippen LogP contribution >= 0.6 is 0 Å². The topological polar surface area (TPSA) is 17.1 Å². The van der Waals surface area contributed by atoms with Gasteiger partial charge in [-0.05, 0) is 25.7 Å². The molecule has 0 bridgehead atoms. The van der Waals surface area contributed by atoms with E-state index in [-0.39, 0.29) is 0 Å². The molecular formula is C13H26O. The Bertz CT molecular complexity index is 147. The first-order chi connectivity index (χ1) is 6.71. The Balaban J connectivity index is 4.13. The van der Waals surface area contributed by atoms with Crippen LogP contribution in [0.2, 0.25) is 0 Å². The molecule has 1 heteroatoms. The van der Waals surface area contributed by atoms with Crippen molar-refractivity contribution < 1.29 is 4.79 Å². The Morgan fingerprint density at radius 3 is 1.79 bits per heavy atom. The van der Waals surface area contributed by atoms with E-state index < -0.39 is 0 Å². The Kier molecular flexibility index (Phi) is 7.83. The molecule has 0 aliphatic carbocycles. The number of carbonyl (C=O) groups excluding carboxylic acids is 1. The van der Waals surface area contributed by atoms with E-state index in [1.807, 2.05) is 0 Å². The van der Waals surface area contributed by atoms with Crippen LogP contribution in [0.15, 0.2) is 0 Å². The van der Waals surface area contributed by atoms with Gasteiger partial charge in [-0.1, -0.05) is 40.5 Å². The van der Waals surface area contributed by atoms with Gasteiger partial charge in [0, 0.05) is 11.8 Å². The molecule has 0 aliphatic heterocycles. The SMILES string of the molecule is CCCCC(CC)C(=O)C(CC)CC. The van der Waals surface area contributed by atoms with Crippen LogP contribution in [0.5, 0.6) is 0 Å². The molecule has 0 N–H and O–H groups in total. The molecule has 0 aromatic rings. The van der Waals surface area contributed by atoms with Gasteiger partial charge < -0.3 is 0 Å². The summed E-state index contributed by atoms with van der Waals surface area (Å²) >= 11 is 0. The summed E-state index contributed by atoms with van der Waals surface area (Å²) in [6, 6.07) is 0. The van der Waals surface area contributed by atoms with Crippen molar-refractivity contribution in [3.05, 3.63) is 0 Å². The highest BCUT2D eigenvalue weighted by molar-refractivity contribution is 5.83. The molecule has 0 rings (SSSR count). The average Bonchev–Trinajstić information content (AvgIpc) is 2.21. The lowest BCUT2D eigenvalue weighted by Crippen LogP contribution is -2.22. The van der Waals surface area contributed by atoms with Gasteiger partial charge in [0.25, 0.3) is 0 Å². The van der Waals surface area contributed by atoms with Gasteiger partial charge >= 0.3 is 0 Å². The zero-order valence-electron chi connectivity index (χ0n) is 10.3. The maximum atomic E-state index is 12.0. The van der Waals surface area contributed by atoms with Crippen molar-refractivity contribution in [2.75, 3.05) is 0 Å². The van der Waals surface area contributed by atoms with Crippen molar-refractivity contribution in [3.63, 3.8) is 0 Å². The first-order valence-corrected chi connectivity index (χ1v) is 6.24. The molecule has 0 aromatic heterocycles. The van der Waals surface area contributed by atoms with Gasteiger partial charge in [-0.15, -0.1) is 0 Å². The normalized spacial score (nSPS) is 13.2. The van der Waals surface area contributed by atoms with E-state index in [1.54, 1.807) is 0 Å². The Labute approximate surface area is 89.3 Å². The fourth-order valence-corrected chi connectivity index (χ4v) is 2.02. The fourth-order valence-electron chi connectivity index (χ4n) is 2.02. The second kappa shape index (κ2) is 8.02. The average molecular weight is 198 g/mol. The number of ketones is 1. The van der Waals surface area contributed by atoms with Crippen LogP contribution in [0.3, 0.4) is 0 Å². The number of hydrogen-bond acceptors (Lipinski definition) is 1. The summed E-state index contributed by atoms with van der Waals surface area (Å²) in [5.74, 6) is 1.17. The standard InChI is InChI=1S/C13H26O/c1-5-9-10-12(8-4)13(14)11(6-2)7-3/h11-12H,5-10H2,1-4H3. The van der Waals surface area contributed by atoms with Gasteiger partial charge in [0.15, 0.2) is 0 Å². The van der Waals surface area contributed by atoms with Crippen molar-refractivity contribution in [1.29, 1.82) is 0 Å². The van der Waals surface area contributed by atoms with Crippen LogP contribution in [-0.2, 0) is 4.79 Å². The van der Waals surface area contributed by atoms with Gasteiger partial charge in [0.2, 0.25) is 0 Å². The highest BCUT2D eigenvalue weighted by atomic mass is 16.1. The minimum Gasteiger partial charge on any atom is -0.299 e. The van der Waals surface area contributed by atoms with E-state index in [2.05, 4.69) is 27.7 Å². The largest absolute Gasteiger partial charge is 0.299 e. The fraction of sp³-hybridized carbons (Fsp3) is 0.923. The number of carbonyl (C=O) groups is 1. The lowest BCUT2D eigenvalue weighted by atomic mass is 9.85. The lowest BCUT2D eigenvalue weighted by molar-refractivity contribution is -0.127. The molecule has 0 aromatic carbocycles. The molecule has 14 heavy (non-hydrogen) atoms. The molecule has 0 amide bonds. The third-order valence-corrected chi connectivity index (χ3v) is 3.19. The maximum absolute atomic E-state index is 12.0. The third kappa shape index (κ3) is 4.26. The molecular weight excluding hydrogens is 172 g/mol. The van der Waals surface area contributed by atoms with Gasteiger partial charge in [0.05, 0.1) is 0 Å². The number of rotatable bonds is 8. The summed E-state index contributed by atoms with van der Waals surface area (Å²) in [7, 11) is 0. The lowest BCUT2D eigenvalue weighted by Gasteiger charge is -2.19. The predicted octanol–water partition coefficient (Wildman–Crippen LogP) is 4.21. The molecule has 0 spiro atoms. The highest BCUT2D eigenvalue weighted by Crippen LogP contribution is 2.21. The van der Waals surface area contributed by atoms with E-state index in [9.17, 15) is 4.79 Å². The minimum atomic E-state index is 0.316. The molecule has 1 unspecified atom stereocenters. The van der Waals surface area contributed by atoms with Crippen LogP contribution in [-0.4, -0.2) is 5.78 Å². The maximum Gasteiger partial charge on any atom is 0.139 e. The Morgan fingerprint density at radius 1 is 0.929 bits per heavy atom. The summed E-state index contributed by atoms with van der Waals surface area (Å²) in [5, 5.41) is 0. The summed E-state index contributed by atoms with van der Waals surface area (Å²) in [5.41, 5.74) is 0. The molecule has 0 heterocycles. The Morgan fingerprint density at radius 2 is 1.43 bits per heavy atom. The van der Waals surface area contributed by atoms with E-state index >= 15 is 0 Å². The van der Waals surface area contributed by atoms with Crippen molar-refractivity contribution >= 4 is 5.78 Å². The first-order valence-electron chi connectivity index (χ1n) is 6.24. The summed E-state index contributed by atoms with van der Waals surface area (Å²) < 4.78 is 0. The predicted molar refractivity (Wildman–Crippen MR) is 62.4 cm³/mol. The van der Waals surface area contributed by atoms with Crippen LogP contribution in [0, 0.1) is 11.8 Å². The van der Waals surface area contributed by atoms with Gasteiger partial charge in [-0.2, -0.15) is 0 Å². The van der Waals surface area contributed by atoms with Crippen LogP contribution < -0.4 is 0 Å².